The van der Waals surface area contributed by atoms with Gasteiger partial charge < -0.3 is 9.64 Å². The molecule has 1 aromatic heterocycles. The molecular weight excluding hydrogens is 298 g/mol. The Hall–Kier alpha value is -1.79. The van der Waals surface area contributed by atoms with Gasteiger partial charge in [0.2, 0.25) is 0 Å². The summed E-state index contributed by atoms with van der Waals surface area (Å²) in [5, 5.41) is 4.04. The fraction of sp³-hybridized carbons (Fsp3) is 0.438. The number of morpholine rings is 1. The fourth-order valence-corrected chi connectivity index (χ4v) is 3.43. The molecule has 3 rings (SSSR count). The summed E-state index contributed by atoms with van der Waals surface area (Å²) in [5.41, 5.74) is 1.88. The number of ether oxygens (including phenoxy) is 1. The molecule has 6 heteroatoms. The number of amides is 1. The minimum absolute atomic E-state index is 0.00821. The summed E-state index contributed by atoms with van der Waals surface area (Å²) in [7, 11) is 0. The van der Waals surface area contributed by atoms with Crippen molar-refractivity contribution in [3.8, 4) is 0 Å². The number of nitrogens with zero attached hydrogens (tertiary/aromatic N) is 3. The highest BCUT2D eigenvalue weighted by Crippen LogP contribution is 2.27. The van der Waals surface area contributed by atoms with Crippen molar-refractivity contribution in [2.75, 3.05) is 13.1 Å². The van der Waals surface area contributed by atoms with Crippen LogP contribution in [0.1, 0.15) is 40.9 Å². The van der Waals surface area contributed by atoms with Crippen LogP contribution in [0.4, 0.5) is 0 Å². The molecule has 0 N–H and O–H groups in total. The Labute approximate surface area is 134 Å². The van der Waals surface area contributed by atoms with E-state index in [0.717, 1.165) is 17.7 Å². The van der Waals surface area contributed by atoms with Crippen LogP contribution in [0.5, 0.6) is 0 Å². The van der Waals surface area contributed by atoms with E-state index in [1.54, 1.807) is 0 Å². The van der Waals surface area contributed by atoms with Crippen molar-refractivity contribution in [3.05, 3.63) is 46.5 Å². The molecule has 0 spiro atoms. The summed E-state index contributed by atoms with van der Waals surface area (Å²) >= 11 is 1.18. The van der Waals surface area contributed by atoms with Crippen molar-refractivity contribution in [2.45, 2.75) is 32.5 Å². The van der Waals surface area contributed by atoms with Crippen LogP contribution in [0.2, 0.25) is 0 Å². The Morgan fingerprint density at radius 2 is 2.14 bits per heavy atom. The third-order valence-corrected chi connectivity index (χ3v) is 4.56. The Bertz CT molecular complexity index is 644. The lowest BCUT2D eigenvalue weighted by atomic mass is 10.1. The van der Waals surface area contributed by atoms with Gasteiger partial charge >= 0.3 is 0 Å². The van der Waals surface area contributed by atoms with Crippen molar-refractivity contribution in [2.24, 2.45) is 0 Å². The molecule has 2 unspecified atom stereocenters. The number of aromatic nitrogens is 2. The van der Waals surface area contributed by atoms with Crippen molar-refractivity contribution in [1.82, 2.24) is 14.5 Å². The average molecular weight is 317 g/mol. The van der Waals surface area contributed by atoms with Crippen LogP contribution in [0.15, 0.2) is 30.3 Å². The van der Waals surface area contributed by atoms with Crippen molar-refractivity contribution in [3.63, 3.8) is 0 Å². The third-order valence-electron chi connectivity index (χ3n) is 3.80. The minimum atomic E-state index is -0.0835. The first kappa shape index (κ1) is 15.1. The van der Waals surface area contributed by atoms with Crippen LogP contribution in [0.3, 0.4) is 0 Å². The molecule has 1 aromatic carbocycles. The average Bonchev–Trinajstić information content (AvgIpc) is 3.03. The lowest BCUT2D eigenvalue weighted by Crippen LogP contribution is -2.46. The molecule has 2 atom stereocenters. The second-order valence-electron chi connectivity index (χ2n) is 5.46. The van der Waals surface area contributed by atoms with Gasteiger partial charge in [-0.05, 0) is 30.4 Å². The summed E-state index contributed by atoms with van der Waals surface area (Å²) in [6.45, 7) is 5.15. The topological polar surface area (TPSA) is 55.3 Å². The highest BCUT2D eigenvalue weighted by molar-refractivity contribution is 7.08. The van der Waals surface area contributed by atoms with Gasteiger partial charge in [-0.25, -0.2) is 0 Å². The minimum Gasteiger partial charge on any atom is -0.367 e. The quantitative estimate of drug-likeness (QED) is 0.873. The van der Waals surface area contributed by atoms with Crippen LogP contribution in [0.25, 0.3) is 0 Å². The van der Waals surface area contributed by atoms with Gasteiger partial charge in [-0.15, -0.1) is 5.10 Å². The molecule has 1 aliphatic rings. The van der Waals surface area contributed by atoms with Gasteiger partial charge in [-0.2, -0.15) is 0 Å². The highest BCUT2D eigenvalue weighted by atomic mass is 32.1. The number of aryl methyl sites for hydroxylation is 1. The molecule has 116 valence electrons. The lowest BCUT2D eigenvalue weighted by molar-refractivity contribution is -0.0691. The number of rotatable bonds is 3. The van der Waals surface area contributed by atoms with E-state index in [4.69, 9.17) is 4.74 Å². The second-order valence-corrected chi connectivity index (χ2v) is 6.21. The first-order valence-electron chi connectivity index (χ1n) is 7.50. The van der Waals surface area contributed by atoms with Gasteiger partial charge in [-0.1, -0.05) is 41.7 Å². The molecular formula is C16H19N3O2S. The van der Waals surface area contributed by atoms with E-state index in [2.05, 4.69) is 9.59 Å². The molecule has 0 saturated carbocycles. The number of carbonyl (C=O) groups is 1. The molecule has 1 amide bonds. The van der Waals surface area contributed by atoms with Gasteiger partial charge in [0.25, 0.3) is 5.91 Å². The smallest absolute Gasteiger partial charge is 0.267 e. The Kier molecular flexibility index (Phi) is 4.49. The normalized spacial score (nSPS) is 21.8. The maximum Gasteiger partial charge on any atom is 0.267 e. The molecule has 1 aliphatic heterocycles. The summed E-state index contributed by atoms with van der Waals surface area (Å²) < 4.78 is 9.92. The SMILES string of the molecule is CCc1nnsc1C(=O)N1CC(C)OC(c2ccccc2)C1. The maximum absolute atomic E-state index is 12.8. The first-order valence-corrected chi connectivity index (χ1v) is 8.27. The molecule has 0 bridgehead atoms. The van der Waals surface area contributed by atoms with Crippen LogP contribution in [-0.4, -0.2) is 39.6 Å². The predicted octanol–water partition coefficient (Wildman–Crippen LogP) is 2.70. The second kappa shape index (κ2) is 6.54. The van der Waals surface area contributed by atoms with E-state index in [-0.39, 0.29) is 18.1 Å². The fourth-order valence-electron chi connectivity index (χ4n) is 2.72. The predicted molar refractivity (Wildman–Crippen MR) is 84.9 cm³/mol. The van der Waals surface area contributed by atoms with Gasteiger partial charge in [0.1, 0.15) is 11.0 Å². The van der Waals surface area contributed by atoms with E-state index >= 15 is 0 Å². The van der Waals surface area contributed by atoms with E-state index in [1.807, 2.05) is 49.1 Å². The van der Waals surface area contributed by atoms with Gasteiger partial charge in [0.15, 0.2) is 0 Å². The summed E-state index contributed by atoms with van der Waals surface area (Å²) in [6.07, 6.45) is 0.647. The largest absolute Gasteiger partial charge is 0.367 e. The molecule has 2 aromatic rings. The van der Waals surface area contributed by atoms with Crippen LogP contribution >= 0.6 is 11.5 Å². The van der Waals surface area contributed by atoms with Crippen molar-refractivity contribution in [1.29, 1.82) is 0 Å². The van der Waals surface area contributed by atoms with Crippen LogP contribution < -0.4 is 0 Å². The molecule has 1 fully saturated rings. The van der Waals surface area contributed by atoms with E-state index < -0.39 is 0 Å². The monoisotopic (exact) mass is 317 g/mol. The summed E-state index contributed by atoms with van der Waals surface area (Å²) in [5.74, 6) is 0.0166. The zero-order valence-corrected chi connectivity index (χ0v) is 13.5. The third kappa shape index (κ3) is 3.03. The van der Waals surface area contributed by atoms with E-state index in [1.165, 1.54) is 11.5 Å². The van der Waals surface area contributed by atoms with Gasteiger partial charge in [0, 0.05) is 6.54 Å². The number of hydrogen-bond acceptors (Lipinski definition) is 5. The number of carbonyl (C=O) groups excluding carboxylic acids is 1. The Morgan fingerprint density at radius 3 is 2.86 bits per heavy atom. The zero-order chi connectivity index (χ0) is 15.5. The molecule has 22 heavy (non-hydrogen) atoms. The van der Waals surface area contributed by atoms with Crippen LogP contribution in [0, 0.1) is 0 Å². The summed E-state index contributed by atoms with van der Waals surface area (Å²) in [4.78, 5) is 15.3. The maximum atomic E-state index is 12.8. The molecule has 5 nitrogen and oxygen atoms in total. The van der Waals surface area contributed by atoms with Crippen LogP contribution in [-0.2, 0) is 11.2 Å². The number of hydrogen-bond donors (Lipinski definition) is 0. The molecule has 0 aliphatic carbocycles. The summed E-state index contributed by atoms with van der Waals surface area (Å²) in [6, 6.07) is 10.0. The number of benzene rings is 1. The standard InChI is InChI=1S/C16H19N3O2S/c1-3-13-15(22-18-17-13)16(20)19-9-11(2)21-14(10-19)12-7-5-4-6-8-12/h4-8,11,14H,3,9-10H2,1-2H3. The van der Waals surface area contributed by atoms with E-state index in [9.17, 15) is 4.79 Å². The van der Waals surface area contributed by atoms with Gasteiger partial charge in [-0.3, -0.25) is 4.79 Å². The lowest BCUT2D eigenvalue weighted by Gasteiger charge is -2.36. The molecule has 1 saturated heterocycles. The molecule has 2 heterocycles. The van der Waals surface area contributed by atoms with Gasteiger partial charge in [0.05, 0.1) is 18.3 Å². The Balaban J connectivity index is 1.80. The Morgan fingerprint density at radius 1 is 1.36 bits per heavy atom. The van der Waals surface area contributed by atoms with Crippen molar-refractivity contribution < 1.29 is 9.53 Å². The van der Waals surface area contributed by atoms with Crippen molar-refractivity contribution >= 4 is 17.4 Å². The first-order chi connectivity index (χ1) is 10.7. The molecule has 0 radical (unpaired) electrons. The van der Waals surface area contributed by atoms with E-state index in [0.29, 0.717) is 18.0 Å². The highest BCUT2D eigenvalue weighted by Gasteiger charge is 2.31. The zero-order valence-electron chi connectivity index (χ0n) is 12.7.